The van der Waals surface area contributed by atoms with Crippen LogP contribution in [0.3, 0.4) is 0 Å². The second-order valence-electron chi connectivity index (χ2n) is 4.96. The molecule has 1 atom stereocenters. The molecular formula is C16H23F3O4. The zero-order chi connectivity index (χ0) is 17.3. The Bertz CT molecular complexity index is 428. The normalized spacial score (nSPS) is 13.3. The molecule has 1 unspecified atom stereocenters. The number of ether oxygens (including phenoxy) is 3. The van der Waals surface area contributed by atoms with Crippen molar-refractivity contribution in [1.82, 2.24) is 0 Å². The van der Waals surface area contributed by atoms with E-state index in [0.29, 0.717) is 25.4 Å². The summed E-state index contributed by atoms with van der Waals surface area (Å²) >= 11 is 0. The summed E-state index contributed by atoms with van der Waals surface area (Å²) in [7, 11) is 0. The predicted octanol–water partition coefficient (Wildman–Crippen LogP) is 3.48. The molecule has 7 heteroatoms. The van der Waals surface area contributed by atoms with Crippen molar-refractivity contribution in [3.05, 3.63) is 29.8 Å². The first kappa shape index (κ1) is 19.7. The molecule has 1 aromatic carbocycles. The van der Waals surface area contributed by atoms with Gasteiger partial charge in [0.1, 0.15) is 5.75 Å². The highest BCUT2D eigenvalue weighted by atomic mass is 19.4. The maximum atomic E-state index is 12.5. The lowest BCUT2D eigenvalue weighted by molar-refractivity contribution is -0.149. The van der Waals surface area contributed by atoms with Gasteiger partial charge in [0, 0.05) is 32.2 Å². The lowest BCUT2D eigenvalue weighted by atomic mass is 10.1. The molecule has 0 aliphatic rings. The molecule has 4 nitrogen and oxygen atoms in total. The zero-order valence-corrected chi connectivity index (χ0v) is 13.3. The van der Waals surface area contributed by atoms with Crippen LogP contribution in [0.2, 0.25) is 0 Å². The van der Waals surface area contributed by atoms with Gasteiger partial charge < -0.3 is 19.3 Å². The van der Waals surface area contributed by atoms with Gasteiger partial charge in [0.25, 0.3) is 0 Å². The van der Waals surface area contributed by atoms with Crippen molar-refractivity contribution >= 4 is 0 Å². The molecule has 0 fully saturated rings. The summed E-state index contributed by atoms with van der Waals surface area (Å²) in [6.07, 6.45) is -4.36. The van der Waals surface area contributed by atoms with Gasteiger partial charge in [-0.3, -0.25) is 0 Å². The number of hydrogen-bond acceptors (Lipinski definition) is 4. The quantitative estimate of drug-likeness (QED) is 0.665. The van der Waals surface area contributed by atoms with Crippen molar-refractivity contribution < 1.29 is 32.5 Å². The van der Waals surface area contributed by atoms with Crippen LogP contribution in [-0.2, 0) is 15.7 Å². The average molecular weight is 336 g/mol. The van der Waals surface area contributed by atoms with Crippen LogP contribution in [0, 0.1) is 5.92 Å². The fourth-order valence-corrected chi connectivity index (χ4v) is 1.98. The molecule has 0 aliphatic carbocycles. The fourth-order valence-electron chi connectivity index (χ4n) is 1.98. The third kappa shape index (κ3) is 7.20. The molecule has 1 N–H and O–H groups in total. The van der Waals surface area contributed by atoms with Crippen LogP contribution in [0.1, 0.15) is 25.8 Å². The van der Waals surface area contributed by atoms with E-state index in [4.69, 9.17) is 14.2 Å². The average Bonchev–Trinajstić information content (AvgIpc) is 2.51. The van der Waals surface area contributed by atoms with E-state index in [1.165, 1.54) is 12.1 Å². The predicted molar refractivity (Wildman–Crippen MR) is 79.2 cm³/mol. The molecule has 1 rings (SSSR count). The van der Waals surface area contributed by atoms with Crippen LogP contribution in [0.4, 0.5) is 13.2 Å². The third-order valence-electron chi connectivity index (χ3n) is 3.16. The van der Waals surface area contributed by atoms with Crippen LogP contribution in [0.5, 0.6) is 5.75 Å². The second-order valence-corrected chi connectivity index (χ2v) is 4.96. The van der Waals surface area contributed by atoms with Crippen molar-refractivity contribution in [3.8, 4) is 5.75 Å². The summed E-state index contributed by atoms with van der Waals surface area (Å²) < 4.78 is 53.7. The molecule has 23 heavy (non-hydrogen) atoms. The molecule has 0 heterocycles. The number of aliphatic hydroxyl groups excluding tert-OH is 1. The summed E-state index contributed by atoms with van der Waals surface area (Å²) in [5.74, 6) is 0.0845. The van der Waals surface area contributed by atoms with Gasteiger partial charge in [0.05, 0.1) is 12.2 Å². The molecule has 0 amide bonds. The van der Waals surface area contributed by atoms with Crippen molar-refractivity contribution in [1.29, 1.82) is 0 Å². The lowest BCUT2D eigenvalue weighted by Crippen LogP contribution is -2.26. The van der Waals surface area contributed by atoms with Gasteiger partial charge in [-0.2, -0.15) is 13.2 Å². The van der Waals surface area contributed by atoms with Crippen molar-refractivity contribution in [2.75, 3.05) is 26.4 Å². The number of halogens is 3. The first-order valence-corrected chi connectivity index (χ1v) is 7.54. The fraction of sp³-hybridized carbons (Fsp3) is 0.625. The Morgan fingerprint density at radius 1 is 1.04 bits per heavy atom. The maximum Gasteiger partial charge on any atom is 0.416 e. The van der Waals surface area contributed by atoms with Gasteiger partial charge in [-0.05, 0) is 38.1 Å². The SMILES string of the molecule is CCOC(CC(CO)COc1ccc(C(F)(F)F)cc1)OCC. The minimum atomic E-state index is -4.37. The van der Waals surface area contributed by atoms with Gasteiger partial charge in [-0.1, -0.05) is 0 Å². The Labute approximate surface area is 134 Å². The molecular weight excluding hydrogens is 313 g/mol. The number of aliphatic hydroxyl groups is 1. The van der Waals surface area contributed by atoms with Gasteiger partial charge in [0.2, 0.25) is 0 Å². The summed E-state index contributed by atoms with van der Waals surface area (Å²) in [5.41, 5.74) is -0.726. The van der Waals surface area contributed by atoms with E-state index in [2.05, 4.69) is 0 Å². The largest absolute Gasteiger partial charge is 0.493 e. The Balaban J connectivity index is 2.53. The highest BCUT2D eigenvalue weighted by Crippen LogP contribution is 2.30. The van der Waals surface area contributed by atoms with E-state index in [1.807, 2.05) is 13.8 Å². The monoisotopic (exact) mass is 336 g/mol. The standard InChI is InChI=1S/C16H23F3O4/c1-3-21-15(22-4-2)9-12(10-20)11-23-14-7-5-13(6-8-14)16(17,18)19/h5-8,12,15,20H,3-4,9-11H2,1-2H3. The van der Waals surface area contributed by atoms with Gasteiger partial charge >= 0.3 is 6.18 Å². The highest BCUT2D eigenvalue weighted by molar-refractivity contribution is 5.28. The number of hydrogen-bond donors (Lipinski definition) is 1. The van der Waals surface area contributed by atoms with Gasteiger partial charge in [-0.25, -0.2) is 0 Å². The van der Waals surface area contributed by atoms with Crippen molar-refractivity contribution in [3.63, 3.8) is 0 Å². The summed E-state index contributed by atoms with van der Waals surface area (Å²) in [6.45, 7) is 4.71. The van der Waals surface area contributed by atoms with Crippen LogP contribution in [0.25, 0.3) is 0 Å². The minimum Gasteiger partial charge on any atom is -0.493 e. The van der Waals surface area contributed by atoms with E-state index in [0.717, 1.165) is 12.1 Å². The van der Waals surface area contributed by atoms with Crippen LogP contribution >= 0.6 is 0 Å². The Hall–Kier alpha value is -1.31. The molecule has 132 valence electrons. The molecule has 0 aliphatic heterocycles. The van der Waals surface area contributed by atoms with Gasteiger partial charge in [0.15, 0.2) is 6.29 Å². The minimum absolute atomic E-state index is 0.128. The van der Waals surface area contributed by atoms with Crippen LogP contribution < -0.4 is 4.74 Å². The van der Waals surface area contributed by atoms with E-state index >= 15 is 0 Å². The zero-order valence-electron chi connectivity index (χ0n) is 13.3. The van der Waals surface area contributed by atoms with E-state index < -0.39 is 18.0 Å². The molecule has 0 saturated heterocycles. The smallest absolute Gasteiger partial charge is 0.416 e. The van der Waals surface area contributed by atoms with Crippen molar-refractivity contribution in [2.24, 2.45) is 5.92 Å². The van der Waals surface area contributed by atoms with E-state index in [1.54, 1.807) is 0 Å². The second kappa shape index (κ2) is 9.75. The Morgan fingerprint density at radius 2 is 1.61 bits per heavy atom. The first-order valence-electron chi connectivity index (χ1n) is 7.54. The first-order chi connectivity index (χ1) is 10.9. The Morgan fingerprint density at radius 3 is 2.04 bits per heavy atom. The molecule has 0 bridgehead atoms. The number of benzene rings is 1. The third-order valence-corrected chi connectivity index (χ3v) is 3.16. The summed E-state index contributed by atoms with van der Waals surface area (Å²) in [6, 6.07) is 4.46. The Kier molecular flexibility index (Phi) is 8.36. The van der Waals surface area contributed by atoms with Gasteiger partial charge in [-0.15, -0.1) is 0 Å². The summed E-state index contributed by atoms with van der Waals surface area (Å²) in [5, 5.41) is 9.40. The topological polar surface area (TPSA) is 47.9 Å². The highest BCUT2D eigenvalue weighted by Gasteiger charge is 2.30. The molecule has 0 radical (unpaired) electrons. The molecule has 0 aromatic heterocycles. The molecule has 1 aromatic rings. The summed E-state index contributed by atoms with van der Waals surface area (Å²) in [4.78, 5) is 0. The van der Waals surface area contributed by atoms with E-state index in [9.17, 15) is 18.3 Å². The maximum absolute atomic E-state index is 12.5. The van der Waals surface area contributed by atoms with Crippen LogP contribution in [-0.4, -0.2) is 37.8 Å². The van der Waals surface area contributed by atoms with E-state index in [-0.39, 0.29) is 19.1 Å². The number of rotatable bonds is 10. The lowest BCUT2D eigenvalue weighted by Gasteiger charge is -2.22. The van der Waals surface area contributed by atoms with Crippen molar-refractivity contribution in [2.45, 2.75) is 32.7 Å². The molecule has 0 saturated carbocycles. The molecule has 0 spiro atoms. The number of alkyl halides is 3. The van der Waals surface area contributed by atoms with Crippen LogP contribution in [0.15, 0.2) is 24.3 Å².